The summed E-state index contributed by atoms with van der Waals surface area (Å²) in [5.74, 6) is 0.0247. The minimum atomic E-state index is -0.996. The van der Waals surface area contributed by atoms with Crippen molar-refractivity contribution in [1.29, 1.82) is 0 Å². The first-order chi connectivity index (χ1) is 11.3. The minimum absolute atomic E-state index is 0.249. The van der Waals surface area contributed by atoms with E-state index in [2.05, 4.69) is 5.32 Å². The van der Waals surface area contributed by atoms with Crippen molar-refractivity contribution in [3.8, 4) is 5.75 Å². The largest absolute Gasteiger partial charge is 0.489 e. The van der Waals surface area contributed by atoms with Gasteiger partial charge in [0.05, 0.1) is 11.6 Å². The summed E-state index contributed by atoms with van der Waals surface area (Å²) in [6.45, 7) is 5.27. The number of carbonyl (C=O) groups excluding carboxylic acids is 1. The van der Waals surface area contributed by atoms with Crippen LogP contribution in [-0.2, 0) is 6.61 Å². The maximum atomic E-state index is 13.1. The molecule has 0 radical (unpaired) electrons. The highest BCUT2D eigenvalue weighted by Gasteiger charge is 2.24. The molecule has 4 nitrogen and oxygen atoms in total. The molecule has 0 aliphatic rings. The zero-order valence-corrected chi connectivity index (χ0v) is 14.0. The number of rotatable bonds is 6. The molecule has 0 unspecified atom stereocenters. The third kappa shape index (κ3) is 5.06. The molecule has 0 aliphatic carbocycles. The van der Waals surface area contributed by atoms with Gasteiger partial charge in [0.1, 0.15) is 18.2 Å². The number of benzene rings is 2. The van der Waals surface area contributed by atoms with Crippen molar-refractivity contribution in [3.05, 3.63) is 65.5 Å². The molecule has 1 atom stereocenters. The van der Waals surface area contributed by atoms with Crippen molar-refractivity contribution in [2.75, 3.05) is 0 Å². The zero-order chi connectivity index (χ0) is 17.7. The molecule has 2 aromatic carbocycles. The second kappa shape index (κ2) is 7.45. The Balaban J connectivity index is 1.94. The van der Waals surface area contributed by atoms with E-state index in [1.165, 1.54) is 12.1 Å². The van der Waals surface area contributed by atoms with E-state index in [4.69, 9.17) is 4.74 Å². The van der Waals surface area contributed by atoms with Gasteiger partial charge >= 0.3 is 0 Å². The summed E-state index contributed by atoms with van der Waals surface area (Å²) >= 11 is 0. The SMILES string of the molecule is C[C@@H](NC(=O)c1ccc(OCc2cccc(F)c2)cc1)C(C)(C)O. The van der Waals surface area contributed by atoms with E-state index in [0.29, 0.717) is 11.3 Å². The van der Waals surface area contributed by atoms with Crippen LogP contribution in [0.15, 0.2) is 48.5 Å². The van der Waals surface area contributed by atoms with Crippen LogP contribution in [0.2, 0.25) is 0 Å². The van der Waals surface area contributed by atoms with Crippen LogP contribution in [-0.4, -0.2) is 22.7 Å². The van der Waals surface area contributed by atoms with Crippen molar-refractivity contribution in [2.24, 2.45) is 0 Å². The highest BCUT2D eigenvalue weighted by atomic mass is 19.1. The van der Waals surface area contributed by atoms with Crippen molar-refractivity contribution in [2.45, 2.75) is 39.0 Å². The summed E-state index contributed by atoms with van der Waals surface area (Å²) in [6, 6.07) is 12.5. The topological polar surface area (TPSA) is 58.6 Å². The van der Waals surface area contributed by atoms with Crippen molar-refractivity contribution >= 4 is 5.91 Å². The zero-order valence-electron chi connectivity index (χ0n) is 14.0. The molecule has 2 rings (SSSR count). The van der Waals surface area contributed by atoms with Crippen LogP contribution in [0.3, 0.4) is 0 Å². The van der Waals surface area contributed by atoms with E-state index in [-0.39, 0.29) is 24.4 Å². The predicted octanol–water partition coefficient (Wildman–Crippen LogP) is 3.29. The Kier molecular flexibility index (Phi) is 5.57. The van der Waals surface area contributed by atoms with Crippen LogP contribution >= 0.6 is 0 Å². The predicted molar refractivity (Wildman–Crippen MR) is 90.4 cm³/mol. The lowest BCUT2D eigenvalue weighted by atomic mass is 10.0. The number of hydrogen-bond donors (Lipinski definition) is 2. The third-order valence-corrected chi connectivity index (χ3v) is 3.82. The fourth-order valence-corrected chi connectivity index (χ4v) is 1.95. The number of nitrogens with one attached hydrogen (secondary N) is 1. The minimum Gasteiger partial charge on any atom is -0.489 e. The maximum absolute atomic E-state index is 13.1. The Morgan fingerprint density at radius 2 is 1.92 bits per heavy atom. The molecule has 2 aromatic rings. The molecule has 0 saturated carbocycles. The summed E-state index contributed by atoms with van der Waals surface area (Å²) in [6.07, 6.45) is 0. The van der Waals surface area contributed by atoms with Gasteiger partial charge in [0, 0.05) is 5.56 Å². The van der Waals surface area contributed by atoms with Gasteiger partial charge in [0.15, 0.2) is 0 Å². The van der Waals surface area contributed by atoms with Gasteiger partial charge in [0.2, 0.25) is 0 Å². The van der Waals surface area contributed by atoms with E-state index >= 15 is 0 Å². The first kappa shape index (κ1) is 17.9. The molecule has 0 fully saturated rings. The Morgan fingerprint density at radius 3 is 2.50 bits per heavy atom. The molecule has 0 aromatic heterocycles. The van der Waals surface area contributed by atoms with Gasteiger partial charge in [0.25, 0.3) is 5.91 Å². The van der Waals surface area contributed by atoms with Crippen LogP contribution in [0.25, 0.3) is 0 Å². The Labute approximate surface area is 141 Å². The molecular formula is C19H22FNO3. The standard InChI is InChI=1S/C19H22FNO3/c1-13(19(2,3)23)21-18(22)15-7-9-17(10-8-15)24-12-14-5-4-6-16(20)11-14/h4-11,13,23H,12H2,1-3H3,(H,21,22)/t13-/m1/s1. The fraction of sp³-hybridized carbons (Fsp3) is 0.316. The highest BCUT2D eigenvalue weighted by molar-refractivity contribution is 5.94. The average molecular weight is 331 g/mol. The van der Waals surface area contributed by atoms with Crippen LogP contribution in [0.5, 0.6) is 5.75 Å². The summed E-state index contributed by atoms with van der Waals surface area (Å²) < 4.78 is 18.7. The number of halogens is 1. The number of aliphatic hydroxyl groups is 1. The van der Waals surface area contributed by atoms with Gasteiger partial charge in [-0.3, -0.25) is 4.79 Å². The van der Waals surface area contributed by atoms with E-state index in [1.54, 1.807) is 57.2 Å². The molecule has 128 valence electrons. The molecule has 5 heteroatoms. The van der Waals surface area contributed by atoms with E-state index in [9.17, 15) is 14.3 Å². The fourth-order valence-electron chi connectivity index (χ4n) is 1.95. The summed E-state index contributed by atoms with van der Waals surface area (Å²) in [5, 5.41) is 12.6. The first-order valence-corrected chi connectivity index (χ1v) is 7.76. The number of carbonyl (C=O) groups is 1. The molecule has 24 heavy (non-hydrogen) atoms. The molecule has 0 saturated heterocycles. The van der Waals surface area contributed by atoms with E-state index in [0.717, 1.165) is 5.56 Å². The van der Waals surface area contributed by atoms with Gasteiger partial charge in [-0.1, -0.05) is 12.1 Å². The van der Waals surface area contributed by atoms with E-state index < -0.39 is 5.60 Å². The van der Waals surface area contributed by atoms with Crippen molar-refractivity contribution in [3.63, 3.8) is 0 Å². The average Bonchev–Trinajstić information content (AvgIpc) is 2.52. The molecule has 1 amide bonds. The normalized spacial score (nSPS) is 12.5. The lowest BCUT2D eigenvalue weighted by Crippen LogP contribution is -2.47. The van der Waals surface area contributed by atoms with E-state index in [1.807, 2.05) is 0 Å². The second-order valence-corrected chi connectivity index (χ2v) is 6.29. The molecular weight excluding hydrogens is 309 g/mol. The van der Waals surface area contributed by atoms with Crippen LogP contribution < -0.4 is 10.1 Å². The maximum Gasteiger partial charge on any atom is 0.251 e. The Morgan fingerprint density at radius 1 is 1.25 bits per heavy atom. The van der Waals surface area contributed by atoms with Gasteiger partial charge in [-0.15, -0.1) is 0 Å². The first-order valence-electron chi connectivity index (χ1n) is 7.76. The quantitative estimate of drug-likeness (QED) is 0.854. The number of amides is 1. The molecule has 0 spiro atoms. The van der Waals surface area contributed by atoms with Gasteiger partial charge in [-0.05, 0) is 62.7 Å². The van der Waals surface area contributed by atoms with Gasteiger partial charge < -0.3 is 15.2 Å². The number of hydrogen-bond acceptors (Lipinski definition) is 3. The molecule has 2 N–H and O–H groups in total. The highest BCUT2D eigenvalue weighted by Crippen LogP contribution is 2.15. The van der Waals surface area contributed by atoms with Crippen LogP contribution in [0.1, 0.15) is 36.7 Å². The Hall–Kier alpha value is -2.40. The summed E-state index contributed by atoms with van der Waals surface area (Å²) in [5.41, 5.74) is 0.212. The molecule has 0 bridgehead atoms. The van der Waals surface area contributed by atoms with Gasteiger partial charge in [-0.2, -0.15) is 0 Å². The summed E-state index contributed by atoms with van der Waals surface area (Å²) in [4.78, 5) is 12.1. The van der Waals surface area contributed by atoms with Gasteiger partial charge in [-0.25, -0.2) is 4.39 Å². The summed E-state index contributed by atoms with van der Waals surface area (Å²) in [7, 11) is 0. The van der Waals surface area contributed by atoms with Crippen LogP contribution in [0.4, 0.5) is 4.39 Å². The number of ether oxygens (including phenoxy) is 1. The lowest BCUT2D eigenvalue weighted by Gasteiger charge is -2.26. The van der Waals surface area contributed by atoms with Crippen molar-refractivity contribution in [1.82, 2.24) is 5.32 Å². The molecule has 0 heterocycles. The Bertz CT molecular complexity index is 693. The lowest BCUT2D eigenvalue weighted by molar-refractivity contribution is 0.0409. The van der Waals surface area contributed by atoms with Crippen LogP contribution in [0, 0.1) is 5.82 Å². The monoisotopic (exact) mass is 331 g/mol. The smallest absolute Gasteiger partial charge is 0.251 e. The second-order valence-electron chi connectivity index (χ2n) is 6.29. The third-order valence-electron chi connectivity index (χ3n) is 3.82. The van der Waals surface area contributed by atoms with Crippen molar-refractivity contribution < 1.29 is 19.0 Å². The molecule has 0 aliphatic heterocycles.